The summed E-state index contributed by atoms with van der Waals surface area (Å²) in [4.78, 5) is 13.4. The standard InChI is InChI=1S/C14H18N2O2/c17-14(18)13-8-10-3-4-12(7-11(10)9-15-13)16-5-1-2-6-16/h3-4,7,13,15H,1-2,5-6,8-9H2,(H,17,18)/t13-/m0/s1. The molecule has 0 saturated carbocycles. The van der Waals surface area contributed by atoms with Crippen molar-refractivity contribution in [3.05, 3.63) is 29.3 Å². The highest BCUT2D eigenvalue weighted by molar-refractivity contribution is 5.74. The second-order valence-corrected chi connectivity index (χ2v) is 5.12. The van der Waals surface area contributed by atoms with Gasteiger partial charge in [-0.2, -0.15) is 0 Å². The van der Waals surface area contributed by atoms with Gasteiger partial charge in [-0.25, -0.2) is 0 Å². The molecule has 0 bridgehead atoms. The van der Waals surface area contributed by atoms with Crippen molar-refractivity contribution < 1.29 is 9.90 Å². The van der Waals surface area contributed by atoms with Crippen molar-refractivity contribution in [2.45, 2.75) is 31.8 Å². The Bertz CT molecular complexity index is 467. The number of carboxylic acid groups (broad SMARTS) is 1. The molecule has 4 nitrogen and oxygen atoms in total. The summed E-state index contributed by atoms with van der Waals surface area (Å²) < 4.78 is 0. The number of benzene rings is 1. The van der Waals surface area contributed by atoms with Crippen molar-refractivity contribution in [2.75, 3.05) is 18.0 Å². The summed E-state index contributed by atoms with van der Waals surface area (Å²) in [6.07, 6.45) is 3.14. The second-order valence-electron chi connectivity index (χ2n) is 5.12. The first-order valence-corrected chi connectivity index (χ1v) is 6.57. The Labute approximate surface area is 107 Å². The van der Waals surface area contributed by atoms with Crippen LogP contribution in [0.2, 0.25) is 0 Å². The van der Waals surface area contributed by atoms with E-state index in [0.29, 0.717) is 13.0 Å². The van der Waals surface area contributed by atoms with E-state index in [0.717, 1.165) is 13.1 Å². The average Bonchev–Trinajstić information content (AvgIpc) is 2.91. The quantitative estimate of drug-likeness (QED) is 0.828. The number of rotatable bonds is 2. The highest BCUT2D eigenvalue weighted by Crippen LogP contribution is 2.26. The number of nitrogens with one attached hydrogen (secondary N) is 1. The van der Waals surface area contributed by atoms with Gasteiger partial charge in [0.05, 0.1) is 0 Å². The van der Waals surface area contributed by atoms with Crippen molar-refractivity contribution in [1.29, 1.82) is 0 Å². The fourth-order valence-electron chi connectivity index (χ4n) is 2.85. The summed E-state index contributed by atoms with van der Waals surface area (Å²) in [5.41, 5.74) is 3.70. The SMILES string of the molecule is O=C(O)[C@@H]1Cc2ccc(N3CCCC3)cc2CN1. The minimum atomic E-state index is -0.760. The third-order valence-electron chi connectivity index (χ3n) is 3.92. The molecule has 0 radical (unpaired) electrons. The molecule has 18 heavy (non-hydrogen) atoms. The minimum Gasteiger partial charge on any atom is -0.480 e. The normalized spacial score (nSPS) is 22.9. The molecule has 1 atom stereocenters. The summed E-state index contributed by atoms with van der Waals surface area (Å²) in [6.45, 7) is 2.95. The van der Waals surface area contributed by atoms with Crippen LogP contribution in [-0.2, 0) is 17.8 Å². The number of hydrogen-bond donors (Lipinski definition) is 2. The van der Waals surface area contributed by atoms with Gasteiger partial charge < -0.3 is 15.3 Å². The molecule has 0 spiro atoms. The van der Waals surface area contributed by atoms with Gasteiger partial charge in [0.25, 0.3) is 0 Å². The highest BCUT2D eigenvalue weighted by atomic mass is 16.4. The van der Waals surface area contributed by atoms with Gasteiger partial charge in [0.15, 0.2) is 0 Å². The van der Waals surface area contributed by atoms with Crippen LogP contribution in [0.1, 0.15) is 24.0 Å². The van der Waals surface area contributed by atoms with Crippen LogP contribution in [0.25, 0.3) is 0 Å². The lowest BCUT2D eigenvalue weighted by Gasteiger charge is -2.25. The monoisotopic (exact) mass is 246 g/mol. The van der Waals surface area contributed by atoms with Gasteiger partial charge in [-0.15, -0.1) is 0 Å². The molecule has 3 rings (SSSR count). The highest BCUT2D eigenvalue weighted by Gasteiger charge is 2.24. The van der Waals surface area contributed by atoms with Crippen LogP contribution >= 0.6 is 0 Å². The van der Waals surface area contributed by atoms with Crippen LogP contribution in [0.3, 0.4) is 0 Å². The largest absolute Gasteiger partial charge is 0.480 e. The lowest BCUT2D eigenvalue weighted by Crippen LogP contribution is -2.41. The molecular formula is C14H18N2O2. The molecule has 1 saturated heterocycles. The maximum Gasteiger partial charge on any atom is 0.321 e. The summed E-state index contributed by atoms with van der Waals surface area (Å²) in [5, 5.41) is 12.1. The zero-order valence-electron chi connectivity index (χ0n) is 10.4. The number of nitrogens with zero attached hydrogens (tertiary/aromatic N) is 1. The molecule has 1 aromatic carbocycles. The van der Waals surface area contributed by atoms with Gasteiger partial charge in [-0.3, -0.25) is 4.79 Å². The molecule has 1 aromatic rings. The number of carboxylic acids is 1. The Balaban J connectivity index is 1.82. The Morgan fingerprint density at radius 3 is 2.78 bits per heavy atom. The molecule has 4 heteroatoms. The molecular weight excluding hydrogens is 228 g/mol. The van der Waals surface area contributed by atoms with E-state index in [1.54, 1.807) is 0 Å². The van der Waals surface area contributed by atoms with Crippen molar-refractivity contribution in [2.24, 2.45) is 0 Å². The summed E-state index contributed by atoms with van der Waals surface area (Å²) in [6, 6.07) is 6.01. The van der Waals surface area contributed by atoms with E-state index in [9.17, 15) is 4.79 Å². The molecule has 2 aliphatic heterocycles. The third kappa shape index (κ3) is 2.08. The van der Waals surface area contributed by atoms with E-state index in [4.69, 9.17) is 5.11 Å². The lowest BCUT2D eigenvalue weighted by molar-refractivity contribution is -0.139. The second kappa shape index (κ2) is 4.61. The van der Waals surface area contributed by atoms with E-state index in [2.05, 4.69) is 28.4 Å². The van der Waals surface area contributed by atoms with Crippen molar-refractivity contribution >= 4 is 11.7 Å². The van der Waals surface area contributed by atoms with E-state index in [1.807, 2.05) is 0 Å². The topological polar surface area (TPSA) is 52.6 Å². The number of hydrogen-bond acceptors (Lipinski definition) is 3. The van der Waals surface area contributed by atoms with Crippen LogP contribution in [0.4, 0.5) is 5.69 Å². The Hall–Kier alpha value is -1.55. The Kier molecular flexibility index (Phi) is 2.96. The van der Waals surface area contributed by atoms with Crippen LogP contribution in [0, 0.1) is 0 Å². The van der Waals surface area contributed by atoms with Gasteiger partial charge in [-0.05, 0) is 42.5 Å². The average molecular weight is 246 g/mol. The molecule has 0 aromatic heterocycles. The first-order valence-electron chi connectivity index (χ1n) is 6.57. The number of carbonyl (C=O) groups is 1. The number of anilines is 1. The third-order valence-corrected chi connectivity index (χ3v) is 3.92. The summed E-state index contributed by atoms with van der Waals surface area (Å²) in [7, 11) is 0. The predicted molar refractivity (Wildman–Crippen MR) is 69.9 cm³/mol. The molecule has 0 amide bonds. The van der Waals surface area contributed by atoms with Crippen LogP contribution < -0.4 is 10.2 Å². The predicted octanol–water partition coefficient (Wildman–Crippen LogP) is 1.39. The molecule has 2 aliphatic rings. The Morgan fingerprint density at radius 2 is 2.06 bits per heavy atom. The zero-order chi connectivity index (χ0) is 12.5. The van der Waals surface area contributed by atoms with Gasteiger partial charge in [-0.1, -0.05) is 6.07 Å². The molecule has 0 unspecified atom stereocenters. The van der Waals surface area contributed by atoms with Crippen LogP contribution in [-0.4, -0.2) is 30.2 Å². The van der Waals surface area contributed by atoms with Gasteiger partial charge in [0, 0.05) is 25.3 Å². The first kappa shape index (κ1) is 11.5. The number of aliphatic carboxylic acids is 1. The first-order chi connectivity index (χ1) is 8.74. The fourth-order valence-corrected chi connectivity index (χ4v) is 2.85. The van der Waals surface area contributed by atoms with Crippen molar-refractivity contribution in [3.8, 4) is 0 Å². The van der Waals surface area contributed by atoms with Crippen LogP contribution in [0.5, 0.6) is 0 Å². The van der Waals surface area contributed by atoms with E-state index in [1.165, 1.54) is 29.7 Å². The fraction of sp³-hybridized carbons (Fsp3) is 0.500. The molecule has 1 fully saturated rings. The number of fused-ring (bicyclic) bond motifs is 1. The van der Waals surface area contributed by atoms with E-state index < -0.39 is 12.0 Å². The van der Waals surface area contributed by atoms with Gasteiger partial charge >= 0.3 is 5.97 Å². The van der Waals surface area contributed by atoms with Crippen LogP contribution in [0.15, 0.2) is 18.2 Å². The van der Waals surface area contributed by atoms with Crippen molar-refractivity contribution in [1.82, 2.24) is 5.32 Å². The van der Waals surface area contributed by atoms with E-state index >= 15 is 0 Å². The smallest absolute Gasteiger partial charge is 0.321 e. The van der Waals surface area contributed by atoms with E-state index in [-0.39, 0.29) is 0 Å². The van der Waals surface area contributed by atoms with Gasteiger partial charge in [0.2, 0.25) is 0 Å². The molecule has 2 N–H and O–H groups in total. The van der Waals surface area contributed by atoms with Crippen molar-refractivity contribution in [3.63, 3.8) is 0 Å². The molecule has 2 heterocycles. The lowest BCUT2D eigenvalue weighted by atomic mass is 9.95. The molecule has 0 aliphatic carbocycles. The minimum absolute atomic E-state index is 0.435. The summed E-state index contributed by atoms with van der Waals surface area (Å²) >= 11 is 0. The maximum atomic E-state index is 11.0. The molecule has 96 valence electrons. The Morgan fingerprint density at radius 1 is 1.28 bits per heavy atom. The summed E-state index contributed by atoms with van der Waals surface area (Å²) in [5.74, 6) is -0.760. The van der Waals surface area contributed by atoms with Gasteiger partial charge in [0.1, 0.15) is 6.04 Å². The zero-order valence-corrected chi connectivity index (χ0v) is 10.4. The maximum absolute atomic E-state index is 11.0.